The van der Waals surface area contributed by atoms with Crippen LogP contribution in [0.15, 0.2) is 24.3 Å². The van der Waals surface area contributed by atoms with E-state index in [-0.39, 0.29) is 5.75 Å². The molecule has 1 aliphatic rings. The Morgan fingerprint density at radius 3 is 2.67 bits per heavy atom. The van der Waals surface area contributed by atoms with Crippen molar-refractivity contribution in [2.75, 3.05) is 16.6 Å². The van der Waals surface area contributed by atoms with Gasteiger partial charge < -0.3 is 5.73 Å². The van der Waals surface area contributed by atoms with Crippen LogP contribution in [0, 0.1) is 0 Å². The van der Waals surface area contributed by atoms with Gasteiger partial charge in [-0.3, -0.25) is 4.31 Å². The molecular weight excluding hydrogens is 248 g/mol. The number of hydrogen-bond acceptors (Lipinski definition) is 3. The summed E-state index contributed by atoms with van der Waals surface area (Å²) in [6.07, 6.45) is 1.80. The summed E-state index contributed by atoms with van der Waals surface area (Å²) in [6, 6.07) is 7.68. The summed E-state index contributed by atoms with van der Waals surface area (Å²) >= 11 is 0. The second kappa shape index (κ2) is 4.55. The molecule has 1 aliphatic heterocycles. The summed E-state index contributed by atoms with van der Waals surface area (Å²) in [7, 11) is -3.35. The Morgan fingerprint density at radius 2 is 2.00 bits per heavy atom. The second-order valence-corrected chi connectivity index (χ2v) is 7.44. The van der Waals surface area contributed by atoms with Crippen molar-refractivity contribution in [1.82, 2.24) is 0 Å². The van der Waals surface area contributed by atoms with E-state index in [1.165, 1.54) is 4.31 Å². The van der Waals surface area contributed by atoms with Crippen LogP contribution < -0.4 is 10.0 Å². The Kier molecular flexibility index (Phi) is 3.38. The monoisotopic (exact) mass is 268 g/mol. The van der Waals surface area contributed by atoms with Crippen molar-refractivity contribution in [2.24, 2.45) is 5.73 Å². The van der Waals surface area contributed by atoms with Crippen molar-refractivity contribution in [1.29, 1.82) is 0 Å². The number of fused-ring (bicyclic) bond motifs is 1. The third kappa shape index (κ3) is 2.84. The largest absolute Gasteiger partial charge is 0.325 e. The van der Waals surface area contributed by atoms with E-state index in [0.29, 0.717) is 6.54 Å². The van der Waals surface area contributed by atoms with Crippen LogP contribution in [-0.2, 0) is 16.4 Å². The van der Waals surface area contributed by atoms with Crippen molar-refractivity contribution >= 4 is 15.7 Å². The number of nitrogens with zero attached hydrogens (tertiary/aromatic N) is 1. The summed E-state index contributed by atoms with van der Waals surface area (Å²) in [5.74, 6) is -0.0334. The zero-order valence-corrected chi connectivity index (χ0v) is 11.7. The molecule has 18 heavy (non-hydrogen) atoms. The molecule has 1 aromatic rings. The molecular formula is C13H20N2O2S. The van der Waals surface area contributed by atoms with Crippen molar-refractivity contribution in [3.8, 4) is 0 Å². The van der Waals surface area contributed by atoms with Gasteiger partial charge in [0.2, 0.25) is 10.0 Å². The van der Waals surface area contributed by atoms with Crippen molar-refractivity contribution < 1.29 is 8.42 Å². The van der Waals surface area contributed by atoms with Gasteiger partial charge in [0.1, 0.15) is 0 Å². The molecule has 0 radical (unpaired) electrons. The Labute approximate surface area is 109 Å². The molecule has 0 spiro atoms. The van der Waals surface area contributed by atoms with E-state index in [1.54, 1.807) is 13.8 Å². The minimum Gasteiger partial charge on any atom is -0.325 e. The lowest BCUT2D eigenvalue weighted by atomic mass is 10.0. The molecule has 0 amide bonds. The van der Waals surface area contributed by atoms with E-state index in [2.05, 4.69) is 0 Å². The fourth-order valence-corrected chi connectivity index (χ4v) is 4.32. The number of rotatable bonds is 3. The highest BCUT2D eigenvalue weighted by atomic mass is 32.2. The molecule has 0 saturated carbocycles. The predicted molar refractivity (Wildman–Crippen MR) is 74.2 cm³/mol. The molecule has 0 saturated heterocycles. The standard InChI is InChI=1S/C13H20N2O2S/c1-13(2,14)10-18(16,17)15-9-5-7-11-6-3-4-8-12(11)15/h3-4,6,8H,5,7,9-10,14H2,1-2H3. The van der Waals surface area contributed by atoms with Crippen molar-refractivity contribution in [3.05, 3.63) is 29.8 Å². The van der Waals surface area contributed by atoms with Gasteiger partial charge >= 0.3 is 0 Å². The van der Waals surface area contributed by atoms with Crippen LogP contribution in [0.4, 0.5) is 5.69 Å². The number of nitrogens with two attached hydrogens (primary N) is 1. The predicted octanol–water partition coefficient (Wildman–Crippen LogP) is 1.51. The number of hydrogen-bond donors (Lipinski definition) is 1. The van der Waals surface area contributed by atoms with E-state index in [0.717, 1.165) is 24.1 Å². The molecule has 1 heterocycles. The van der Waals surface area contributed by atoms with Gasteiger partial charge in [-0.05, 0) is 38.3 Å². The van der Waals surface area contributed by atoms with Gasteiger partial charge in [0.25, 0.3) is 0 Å². The lowest BCUT2D eigenvalue weighted by molar-refractivity contribution is 0.539. The molecule has 0 unspecified atom stereocenters. The van der Waals surface area contributed by atoms with Gasteiger partial charge in [-0.15, -0.1) is 0 Å². The number of sulfonamides is 1. The van der Waals surface area contributed by atoms with Crippen LogP contribution in [0.1, 0.15) is 25.8 Å². The lowest BCUT2D eigenvalue weighted by Gasteiger charge is -2.32. The molecule has 0 fully saturated rings. The third-order valence-corrected chi connectivity index (χ3v) is 5.12. The lowest BCUT2D eigenvalue weighted by Crippen LogP contribution is -2.47. The van der Waals surface area contributed by atoms with Crippen LogP contribution in [0.3, 0.4) is 0 Å². The molecule has 1 aromatic carbocycles. The molecule has 0 atom stereocenters. The fraction of sp³-hybridized carbons (Fsp3) is 0.538. The van der Waals surface area contributed by atoms with Crippen LogP contribution in [-0.4, -0.2) is 26.3 Å². The average Bonchev–Trinajstić information content (AvgIpc) is 2.25. The van der Waals surface area contributed by atoms with Gasteiger partial charge in [-0.1, -0.05) is 18.2 Å². The summed E-state index contributed by atoms with van der Waals surface area (Å²) < 4.78 is 26.3. The molecule has 0 bridgehead atoms. The van der Waals surface area contributed by atoms with Gasteiger partial charge in [0.05, 0.1) is 11.4 Å². The van der Waals surface area contributed by atoms with Crippen LogP contribution in [0.5, 0.6) is 0 Å². The topological polar surface area (TPSA) is 63.4 Å². The molecule has 0 aliphatic carbocycles. The molecule has 0 aromatic heterocycles. The maximum absolute atomic E-state index is 12.4. The zero-order chi connectivity index (χ0) is 13.4. The first kappa shape index (κ1) is 13.4. The summed E-state index contributed by atoms with van der Waals surface area (Å²) in [4.78, 5) is 0. The van der Waals surface area contributed by atoms with Gasteiger partial charge in [0.15, 0.2) is 0 Å². The van der Waals surface area contributed by atoms with Crippen LogP contribution in [0.25, 0.3) is 0 Å². The highest BCUT2D eigenvalue weighted by Gasteiger charge is 2.31. The minimum atomic E-state index is -3.35. The smallest absolute Gasteiger partial charge is 0.236 e. The van der Waals surface area contributed by atoms with Crippen molar-refractivity contribution in [3.63, 3.8) is 0 Å². The minimum absolute atomic E-state index is 0.0334. The Balaban J connectivity index is 2.36. The maximum atomic E-state index is 12.4. The molecule has 4 nitrogen and oxygen atoms in total. The molecule has 2 rings (SSSR count). The quantitative estimate of drug-likeness (QED) is 0.903. The number of aryl methyl sites for hydroxylation is 1. The Morgan fingerprint density at radius 1 is 1.33 bits per heavy atom. The van der Waals surface area contributed by atoms with E-state index in [9.17, 15) is 8.42 Å². The van der Waals surface area contributed by atoms with Crippen LogP contribution >= 0.6 is 0 Å². The number of benzene rings is 1. The Bertz CT molecular complexity index is 532. The summed E-state index contributed by atoms with van der Waals surface area (Å²) in [6.45, 7) is 4.02. The third-order valence-electron chi connectivity index (χ3n) is 2.96. The molecule has 2 N–H and O–H groups in total. The van der Waals surface area contributed by atoms with E-state index < -0.39 is 15.6 Å². The molecule has 100 valence electrons. The van der Waals surface area contributed by atoms with Crippen molar-refractivity contribution in [2.45, 2.75) is 32.2 Å². The molecule has 5 heteroatoms. The summed E-state index contributed by atoms with van der Waals surface area (Å²) in [5.41, 5.74) is 7.04. The maximum Gasteiger partial charge on any atom is 0.236 e. The first-order valence-electron chi connectivity index (χ1n) is 6.17. The highest BCUT2D eigenvalue weighted by Crippen LogP contribution is 2.29. The van der Waals surface area contributed by atoms with E-state index in [4.69, 9.17) is 5.73 Å². The van der Waals surface area contributed by atoms with E-state index in [1.807, 2.05) is 24.3 Å². The van der Waals surface area contributed by atoms with Gasteiger partial charge in [-0.25, -0.2) is 8.42 Å². The SMILES string of the molecule is CC(C)(N)CS(=O)(=O)N1CCCc2ccccc21. The van der Waals surface area contributed by atoms with E-state index >= 15 is 0 Å². The Hall–Kier alpha value is -1.07. The number of para-hydroxylation sites is 1. The first-order valence-corrected chi connectivity index (χ1v) is 7.78. The summed E-state index contributed by atoms with van der Waals surface area (Å²) in [5, 5.41) is 0. The fourth-order valence-electron chi connectivity index (χ4n) is 2.34. The van der Waals surface area contributed by atoms with Crippen LogP contribution in [0.2, 0.25) is 0 Å². The second-order valence-electron chi connectivity index (χ2n) is 5.55. The normalized spacial score (nSPS) is 16.5. The average molecular weight is 268 g/mol. The highest BCUT2D eigenvalue weighted by molar-refractivity contribution is 7.92. The number of anilines is 1. The van der Waals surface area contributed by atoms with Gasteiger partial charge in [-0.2, -0.15) is 0 Å². The van der Waals surface area contributed by atoms with Gasteiger partial charge in [0, 0.05) is 12.1 Å². The first-order chi connectivity index (χ1) is 8.30. The zero-order valence-electron chi connectivity index (χ0n) is 10.9.